The maximum absolute atomic E-state index is 8.62. The lowest BCUT2D eigenvalue weighted by atomic mass is 10.4. The van der Waals surface area contributed by atoms with Crippen LogP contribution in [0.15, 0.2) is 17.0 Å². The highest BCUT2D eigenvalue weighted by Gasteiger charge is 2.11. The standard InChI is InChI=1S/C9H11BrN4O2/c10-6-3-14(5-16-2-1-15)9-7(6)8(11)12-4-13-9/h3-4,15H,1-2,5H2,(H2,11,12,13). The van der Waals surface area contributed by atoms with Crippen LogP contribution in [0.3, 0.4) is 0 Å². The SMILES string of the molecule is Nc1ncnc2c1c(Br)cn2COCCO. The molecule has 0 saturated carbocycles. The minimum absolute atomic E-state index is 0.00249. The molecule has 0 atom stereocenters. The monoisotopic (exact) mass is 286 g/mol. The van der Waals surface area contributed by atoms with Gasteiger partial charge in [0.15, 0.2) is 0 Å². The van der Waals surface area contributed by atoms with Gasteiger partial charge in [-0.15, -0.1) is 0 Å². The molecule has 0 aliphatic carbocycles. The molecule has 0 saturated heterocycles. The Labute approximate surface area is 100 Å². The zero-order chi connectivity index (χ0) is 11.5. The van der Waals surface area contributed by atoms with Crippen molar-refractivity contribution in [3.8, 4) is 0 Å². The van der Waals surface area contributed by atoms with Crippen molar-refractivity contribution in [3.05, 3.63) is 17.0 Å². The third-order valence-electron chi connectivity index (χ3n) is 2.10. The minimum Gasteiger partial charge on any atom is -0.394 e. The third kappa shape index (κ3) is 2.01. The van der Waals surface area contributed by atoms with Gasteiger partial charge in [0.05, 0.1) is 18.6 Å². The molecular weight excluding hydrogens is 276 g/mol. The summed E-state index contributed by atoms with van der Waals surface area (Å²) in [5, 5.41) is 9.39. The first-order valence-electron chi connectivity index (χ1n) is 4.67. The van der Waals surface area contributed by atoms with E-state index in [4.69, 9.17) is 15.6 Å². The molecule has 86 valence electrons. The van der Waals surface area contributed by atoms with Crippen molar-refractivity contribution in [2.75, 3.05) is 18.9 Å². The Kier molecular flexibility index (Phi) is 3.37. The van der Waals surface area contributed by atoms with Crippen LogP contribution in [-0.4, -0.2) is 32.9 Å². The molecule has 0 aliphatic rings. The predicted molar refractivity (Wildman–Crippen MR) is 62.7 cm³/mol. The number of aliphatic hydroxyl groups excluding tert-OH is 1. The van der Waals surface area contributed by atoms with Gasteiger partial charge < -0.3 is 20.1 Å². The van der Waals surface area contributed by atoms with Crippen LogP contribution in [0.2, 0.25) is 0 Å². The Morgan fingerprint density at radius 3 is 3.06 bits per heavy atom. The van der Waals surface area contributed by atoms with E-state index in [1.807, 2.05) is 6.20 Å². The van der Waals surface area contributed by atoms with Crippen molar-refractivity contribution in [1.29, 1.82) is 0 Å². The molecule has 0 aliphatic heterocycles. The largest absolute Gasteiger partial charge is 0.394 e. The van der Waals surface area contributed by atoms with E-state index >= 15 is 0 Å². The molecule has 16 heavy (non-hydrogen) atoms. The fourth-order valence-corrected chi connectivity index (χ4v) is 2.05. The molecule has 0 bridgehead atoms. The third-order valence-corrected chi connectivity index (χ3v) is 2.70. The summed E-state index contributed by atoms with van der Waals surface area (Å²) in [5.74, 6) is 0.429. The van der Waals surface area contributed by atoms with Crippen molar-refractivity contribution in [3.63, 3.8) is 0 Å². The van der Waals surface area contributed by atoms with Gasteiger partial charge in [-0.3, -0.25) is 0 Å². The number of aliphatic hydroxyl groups is 1. The maximum atomic E-state index is 8.62. The first kappa shape index (κ1) is 11.3. The molecule has 2 aromatic rings. The molecule has 0 radical (unpaired) electrons. The first-order valence-corrected chi connectivity index (χ1v) is 5.46. The number of rotatable bonds is 4. The molecule has 0 aromatic carbocycles. The summed E-state index contributed by atoms with van der Waals surface area (Å²) in [6.45, 7) is 0.606. The van der Waals surface area contributed by atoms with Crippen LogP contribution in [0, 0.1) is 0 Å². The summed E-state index contributed by atoms with van der Waals surface area (Å²) >= 11 is 3.39. The van der Waals surface area contributed by atoms with Crippen LogP contribution in [0.1, 0.15) is 0 Å². The fourth-order valence-electron chi connectivity index (χ4n) is 1.42. The van der Waals surface area contributed by atoms with E-state index in [9.17, 15) is 0 Å². The van der Waals surface area contributed by atoms with Crippen LogP contribution in [-0.2, 0) is 11.5 Å². The van der Waals surface area contributed by atoms with Gasteiger partial charge in [0.1, 0.15) is 24.5 Å². The second-order valence-corrected chi connectivity index (χ2v) is 4.02. The molecular formula is C9H11BrN4O2. The smallest absolute Gasteiger partial charge is 0.148 e. The molecule has 6 nitrogen and oxygen atoms in total. The van der Waals surface area contributed by atoms with Crippen molar-refractivity contribution in [2.45, 2.75) is 6.73 Å². The number of ether oxygens (including phenoxy) is 1. The summed E-state index contributed by atoms with van der Waals surface area (Å²) in [7, 11) is 0. The second-order valence-electron chi connectivity index (χ2n) is 3.17. The molecule has 3 N–H and O–H groups in total. The second kappa shape index (κ2) is 4.77. The average Bonchev–Trinajstić information content (AvgIpc) is 2.58. The Bertz CT molecular complexity index is 499. The summed E-state index contributed by atoms with van der Waals surface area (Å²) in [6.07, 6.45) is 3.24. The summed E-state index contributed by atoms with van der Waals surface area (Å²) < 4.78 is 7.85. The average molecular weight is 287 g/mol. The number of nitrogens with two attached hydrogens (primary N) is 1. The molecule has 2 heterocycles. The molecule has 2 aromatic heterocycles. The van der Waals surface area contributed by atoms with E-state index in [1.165, 1.54) is 6.33 Å². The molecule has 0 fully saturated rings. The first-order chi connectivity index (χ1) is 7.74. The lowest BCUT2D eigenvalue weighted by molar-refractivity contribution is 0.0501. The van der Waals surface area contributed by atoms with E-state index in [0.29, 0.717) is 18.2 Å². The summed E-state index contributed by atoms with van der Waals surface area (Å²) in [5.41, 5.74) is 6.46. The van der Waals surface area contributed by atoms with Crippen LogP contribution >= 0.6 is 15.9 Å². The predicted octanol–water partition coefficient (Wildman–Crippen LogP) is 0.742. The Hall–Kier alpha value is -1.18. The lowest BCUT2D eigenvalue weighted by Gasteiger charge is -2.04. The highest BCUT2D eigenvalue weighted by Crippen LogP contribution is 2.27. The number of hydrogen-bond donors (Lipinski definition) is 2. The van der Waals surface area contributed by atoms with Crippen LogP contribution in [0.5, 0.6) is 0 Å². The van der Waals surface area contributed by atoms with Gasteiger partial charge in [-0.05, 0) is 15.9 Å². The zero-order valence-corrected chi connectivity index (χ0v) is 10.0. The van der Waals surface area contributed by atoms with E-state index in [-0.39, 0.29) is 13.2 Å². The number of hydrogen-bond acceptors (Lipinski definition) is 5. The van der Waals surface area contributed by atoms with E-state index in [2.05, 4.69) is 25.9 Å². The number of aromatic nitrogens is 3. The quantitative estimate of drug-likeness (QED) is 0.810. The molecule has 0 amide bonds. The van der Waals surface area contributed by atoms with E-state index < -0.39 is 0 Å². The normalized spacial score (nSPS) is 11.1. The number of fused-ring (bicyclic) bond motifs is 1. The molecule has 0 unspecified atom stereocenters. The topological polar surface area (TPSA) is 86.2 Å². The number of halogens is 1. The number of anilines is 1. The maximum Gasteiger partial charge on any atom is 0.148 e. The molecule has 7 heteroatoms. The summed E-state index contributed by atoms with van der Waals surface area (Å²) in [4.78, 5) is 8.06. The van der Waals surface area contributed by atoms with Crippen molar-refractivity contribution in [1.82, 2.24) is 14.5 Å². The van der Waals surface area contributed by atoms with Crippen LogP contribution in [0.25, 0.3) is 11.0 Å². The minimum atomic E-state index is -0.00249. The van der Waals surface area contributed by atoms with Gasteiger partial charge in [0.25, 0.3) is 0 Å². The van der Waals surface area contributed by atoms with Gasteiger partial charge in [-0.1, -0.05) is 0 Å². The molecule has 0 spiro atoms. The van der Waals surface area contributed by atoms with Gasteiger partial charge in [-0.25, -0.2) is 9.97 Å². The Balaban J connectivity index is 2.36. The van der Waals surface area contributed by atoms with Crippen molar-refractivity contribution < 1.29 is 9.84 Å². The Morgan fingerprint density at radius 2 is 2.31 bits per heavy atom. The van der Waals surface area contributed by atoms with Crippen molar-refractivity contribution in [2.24, 2.45) is 0 Å². The lowest BCUT2D eigenvalue weighted by Crippen LogP contribution is -2.05. The van der Waals surface area contributed by atoms with Crippen LogP contribution < -0.4 is 5.73 Å². The highest BCUT2D eigenvalue weighted by atomic mass is 79.9. The van der Waals surface area contributed by atoms with E-state index in [0.717, 1.165) is 9.86 Å². The highest BCUT2D eigenvalue weighted by molar-refractivity contribution is 9.10. The zero-order valence-electron chi connectivity index (χ0n) is 8.43. The van der Waals surface area contributed by atoms with Gasteiger partial charge in [-0.2, -0.15) is 0 Å². The van der Waals surface area contributed by atoms with Gasteiger partial charge >= 0.3 is 0 Å². The fraction of sp³-hybridized carbons (Fsp3) is 0.333. The Morgan fingerprint density at radius 1 is 1.50 bits per heavy atom. The number of nitrogens with zero attached hydrogens (tertiary/aromatic N) is 3. The molecule has 2 rings (SSSR count). The summed E-state index contributed by atoms with van der Waals surface area (Å²) in [6, 6.07) is 0. The van der Waals surface area contributed by atoms with Gasteiger partial charge in [0, 0.05) is 10.7 Å². The van der Waals surface area contributed by atoms with Crippen molar-refractivity contribution >= 4 is 32.8 Å². The number of nitrogen functional groups attached to an aromatic ring is 1. The van der Waals surface area contributed by atoms with Crippen LogP contribution in [0.4, 0.5) is 5.82 Å². The van der Waals surface area contributed by atoms with Gasteiger partial charge in [0.2, 0.25) is 0 Å². The van der Waals surface area contributed by atoms with E-state index in [1.54, 1.807) is 4.57 Å².